The summed E-state index contributed by atoms with van der Waals surface area (Å²) < 4.78 is 54.6. The standard InChI is InChI=1S/C20H16F2N2O3S2/c21-15-5-6-17(16(22)11-15)23-20(25)19-18(8-10-28-19)29(26,27)24-9-7-13-3-1-2-4-14(13)12-24/h1-6,8,10-11H,7,9,12H2,(H,23,25). The highest BCUT2D eigenvalue weighted by molar-refractivity contribution is 7.89. The number of nitrogens with zero attached hydrogens (tertiary/aromatic N) is 1. The molecule has 5 nitrogen and oxygen atoms in total. The molecule has 2 heterocycles. The van der Waals surface area contributed by atoms with Gasteiger partial charge in [-0.05, 0) is 41.1 Å². The van der Waals surface area contributed by atoms with E-state index in [4.69, 9.17) is 0 Å². The lowest BCUT2D eigenvalue weighted by Crippen LogP contribution is -2.36. The van der Waals surface area contributed by atoms with E-state index >= 15 is 0 Å². The third-order valence-corrected chi connectivity index (χ3v) is 7.66. The second kappa shape index (κ2) is 7.66. The molecule has 2 aromatic carbocycles. The van der Waals surface area contributed by atoms with Gasteiger partial charge in [-0.2, -0.15) is 4.31 Å². The molecule has 4 rings (SSSR count). The maximum Gasteiger partial charge on any atom is 0.267 e. The van der Waals surface area contributed by atoms with Gasteiger partial charge in [0.1, 0.15) is 21.4 Å². The molecule has 3 aromatic rings. The Morgan fingerprint density at radius 1 is 1.07 bits per heavy atom. The van der Waals surface area contributed by atoms with Crippen LogP contribution in [0.3, 0.4) is 0 Å². The second-order valence-electron chi connectivity index (χ2n) is 6.55. The Morgan fingerprint density at radius 2 is 1.83 bits per heavy atom. The Labute approximate surface area is 170 Å². The average Bonchev–Trinajstić information content (AvgIpc) is 3.20. The number of nitrogens with one attached hydrogen (secondary N) is 1. The van der Waals surface area contributed by atoms with Gasteiger partial charge < -0.3 is 5.32 Å². The molecule has 0 saturated carbocycles. The van der Waals surface area contributed by atoms with Crippen molar-refractivity contribution in [2.24, 2.45) is 0 Å². The number of thiophene rings is 1. The normalized spacial score (nSPS) is 14.4. The number of carbonyl (C=O) groups excluding carboxylic acids is 1. The zero-order valence-corrected chi connectivity index (χ0v) is 16.7. The highest BCUT2D eigenvalue weighted by Gasteiger charge is 2.32. The van der Waals surface area contributed by atoms with Crippen molar-refractivity contribution in [1.29, 1.82) is 0 Å². The third-order valence-electron chi connectivity index (χ3n) is 4.73. The van der Waals surface area contributed by atoms with Crippen molar-refractivity contribution in [3.05, 3.63) is 81.5 Å². The molecule has 0 bridgehead atoms. The lowest BCUT2D eigenvalue weighted by Gasteiger charge is -2.28. The first-order valence-corrected chi connectivity index (χ1v) is 11.1. The predicted octanol–water partition coefficient (Wildman–Crippen LogP) is 4.03. The summed E-state index contributed by atoms with van der Waals surface area (Å²) in [6, 6.07) is 11.7. The van der Waals surface area contributed by atoms with E-state index in [1.807, 2.05) is 24.3 Å². The lowest BCUT2D eigenvalue weighted by atomic mass is 10.0. The molecule has 1 N–H and O–H groups in total. The molecular formula is C20H16F2N2O3S2. The van der Waals surface area contributed by atoms with Crippen molar-refractivity contribution < 1.29 is 22.0 Å². The molecule has 0 atom stereocenters. The molecule has 1 aliphatic heterocycles. The molecule has 0 unspecified atom stereocenters. The molecular weight excluding hydrogens is 418 g/mol. The van der Waals surface area contributed by atoms with Crippen LogP contribution in [-0.2, 0) is 23.0 Å². The van der Waals surface area contributed by atoms with Crippen molar-refractivity contribution in [1.82, 2.24) is 4.31 Å². The fraction of sp³-hybridized carbons (Fsp3) is 0.150. The summed E-state index contributed by atoms with van der Waals surface area (Å²) in [6.45, 7) is 0.533. The number of fused-ring (bicyclic) bond motifs is 1. The molecule has 1 aromatic heterocycles. The summed E-state index contributed by atoms with van der Waals surface area (Å²) in [6.07, 6.45) is 0.585. The second-order valence-corrected chi connectivity index (χ2v) is 9.37. The predicted molar refractivity (Wildman–Crippen MR) is 106 cm³/mol. The van der Waals surface area contributed by atoms with Crippen LogP contribution in [0.25, 0.3) is 0 Å². The van der Waals surface area contributed by atoms with Crippen molar-refractivity contribution in [3.63, 3.8) is 0 Å². The Bertz CT molecular complexity index is 1190. The number of hydrogen-bond donors (Lipinski definition) is 1. The highest BCUT2D eigenvalue weighted by atomic mass is 32.2. The maximum absolute atomic E-state index is 13.8. The first-order valence-electron chi connectivity index (χ1n) is 8.77. The van der Waals surface area contributed by atoms with E-state index < -0.39 is 27.6 Å². The van der Waals surface area contributed by atoms with Crippen LogP contribution in [0.1, 0.15) is 20.8 Å². The third kappa shape index (κ3) is 3.81. The molecule has 0 spiro atoms. The monoisotopic (exact) mass is 434 g/mol. The van der Waals surface area contributed by atoms with Crippen LogP contribution < -0.4 is 5.32 Å². The van der Waals surface area contributed by atoms with Crippen LogP contribution in [-0.4, -0.2) is 25.2 Å². The van der Waals surface area contributed by atoms with Crippen LogP contribution in [0.15, 0.2) is 58.8 Å². The first kappa shape index (κ1) is 19.7. The number of rotatable bonds is 4. The number of hydrogen-bond acceptors (Lipinski definition) is 4. The van der Waals surface area contributed by atoms with E-state index in [0.717, 1.165) is 34.6 Å². The summed E-state index contributed by atoms with van der Waals surface area (Å²) in [5.41, 5.74) is 1.81. The van der Waals surface area contributed by atoms with Crippen molar-refractivity contribution in [2.75, 3.05) is 11.9 Å². The molecule has 0 saturated heterocycles. The smallest absolute Gasteiger partial charge is 0.267 e. The van der Waals surface area contributed by atoms with Gasteiger partial charge in [-0.3, -0.25) is 4.79 Å². The molecule has 1 aliphatic rings. The number of amides is 1. The van der Waals surface area contributed by atoms with Crippen molar-refractivity contribution in [3.8, 4) is 0 Å². The number of sulfonamides is 1. The molecule has 0 radical (unpaired) electrons. The van der Waals surface area contributed by atoms with Gasteiger partial charge in [0.25, 0.3) is 5.91 Å². The van der Waals surface area contributed by atoms with Gasteiger partial charge in [-0.15, -0.1) is 11.3 Å². The number of carbonyl (C=O) groups is 1. The minimum Gasteiger partial charge on any atom is -0.319 e. The van der Waals surface area contributed by atoms with Crippen LogP contribution in [0.5, 0.6) is 0 Å². The Balaban J connectivity index is 1.60. The summed E-state index contributed by atoms with van der Waals surface area (Å²) in [7, 11) is -3.92. The van der Waals surface area contributed by atoms with E-state index in [1.165, 1.54) is 15.8 Å². The zero-order valence-electron chi connectivity index (χ0n) is 15.1. The zero-order chi connectivity index (χ0) is 20.6. The average molecular weight is 434 g/mol. The van der Waals surface area contributed by atoms with Crippen LogP contribution in [0.4, 0.5) is 14.5 Å². The minimum absolute atomic E-state index is 0.0485. The maximum atomic E-state index is 13.8. The van der Waals surface area contributed by atoms with Gasteiger partial charge in [0, 0.05) is 19.2 Å². The Kier molecular flexibility index (Phi) is 5.20. The van der Waals surface area contributed by atoms with E-state index in [1.54, 1.807) is 0 Å². The lowest BCUT2D eigenvalue weighted by molar-refractivity contribution is 0.102. The van der Waals surface area contributed by atoms with Gasteiger partial charge in [0.2, 0.25) is 10.0 Å². The fourth-order valence-electron chi connectivity index (χ4n) is 3.25. The first-order chi connectivity index (χ1) is 13.9. The highest BCUT2D eigenvalue weighted by Crippen LogP contribution is 2.30. The van der Waals surface area contributed by atoms with Gasteiger partial charge in [-0.1, -0.05) is 24.3 Å². The van der Waals surface area contributed by atoms with E-state index in [0.29, 0.717) is 19.0 Å². The summed E-state index contributed by atoms with van der Waals surface area (Å²) >= 11 is 0.948. The minimum atomic E-state index is -3.92. The quantitative estimate of drug-likeness (QED) is 0.674. The van der Waals surface area contributed by atoms with Crippen molar-refractivity contribution >= 4 is 33.0 Å². The van der Waals surface area contributed by atoms with Crippen LogP contribution >= 0.6 is 11.3 Å². The number of halogens is 2. The van der Waals surface area contributed by atoms with Gasteiger partial charge >= 0.3 is 0 Å². The van der Waals surface area contributed by atoms with Crippen LogP contribution in [0.2, 0.25) is 0 Å². The van der Waals surface area contributed by atoms with Crippen molar-refractivity contribution in [2.45, 2.75) is 17.9 Å². The van der Waals surface area contributed by atoms with Crippen LogP contribution in [0, 0.1) is 11.6 Å². The molecule has 9 heteroatoms. The van der Waals surface area contributed by atoms with E-state index in [-0.39, 0.29) is 22.0 Å². The summed E-state index contributed by atoms with van der Waals surface area (Å²) in [5.74, 6) is -2.47. The van der Waals surface area contributed by atoms with Gasteiger partial charge in [0.05, 0.1) is 5.69 Å². The van der Waals surface area contributed by atoms with E-state index in [2.05, 4.69) is 5.32 Å². The van der Waals surface area contributed by atoms with E-state index in [9.17, 15) is 22.0 Å². The SMILES string of the molecule is O=C(Nc1ccc(F)cc1F)c1sccc1S(=O)(=O)N1CCc2ccccc2C1. The summed E-state index contributed by atoms with van der Waals surface area (Å²) in [5, 5.41) is 3.82. The number of benzene rings is 2. The van der Waals surface area contributed by atoms with Gasteiger partial charge in [0.15, 0.2) is 0 Å². The molecule has 0 aliphatic carbocycles. The molecule has 150 valence electrons. The Hall–Kier alpha value is -2.62. The number of anilines is 1. The largest absolute Gasteiger partial charge is 0.319 e. The van der Waals surface area contributed by atoms with Gasteiger partial charge in [-0.25, -0.2) is 17.2 Å². The molecule has 29 heavy (non-hydrogen) atoms. The Morgan fingerprint density at radius 3 is 2.59 bits per heavy atom. The molecule has 0 fully saturated rings. The molecule has 1 amide bonds. The summed E-state index contributed by atoms with van der Waals surface area (Å²) in [4.78, 5) is 12.4. The fourth-order valence-corrected chi connectivity index (χ4v) is 5.96. The topological polar surface area (TPSA) is 66.5 Å².